The van der Waals surface area contributed by atoms with Crippen molar-refractivity contribution >= 4 is 39.1 Å². The molecule has 5 aromatic rings. The molecule has 6 rings (SSSR count). The maximum absolute atomic E-state index is 14.0. The van der Waals surface area contributed by atoms with Crippen molar-refractivity contribution in [2.75, 3.05) is 5.75 Å². The number of aromatic nitrogens is 3. The summed E-state index contributed by atoms with van der Waals surface area (Å²) in [6, 6.07) is 21.7. The van der Waals surface area contributed by atoms with Crippen LogP contribution < -0.4 is 5.56 Å². The van der Waals surface area contributed by atoms with Crippen molar-refractivity contribution in [2.45, 2.75) is 51.1 Å². The molecule has 0 spiro atoms. The van der Waals surface area contributed by atoms with E-state index in [4.69, 9.17) is 4.98 Å². The lowest BCUT2D eigenvalue weighted by molar-refractivity contribution is 0.102. The predicted molar refractivity (Wildman–Crippen MR) is 157 cm³/mol. The summed E-state index contributed by atoms with van der Waals surface area (Å²) in [7, 11) is 0. The molecular weight excluding hydrogens is 510 g/mol. The van der Waals surface area contributed by atoms with Gasteiger partial charge in [0, 0.05) is 27.5 Å². The van der Waals surface area contributed by atoms with E-state index in [1.807, 2.05) is 80.6 Å². The predicted octanol–water partition coefficient (Wildman–Crippen LogP) is 7.10. The number of hydrogen-bond acceptors (Lipinski definition) is 5. The van der Waals surface area contributed by atoms with Gasteiger partial charge < -0.3 is 4.57 Å². The van der Waals surface area contributed by atoms with Crippen LogP contribution in [0.5, 0.6) is 0 Å². The molecule has 3 heterocycles. The number of nitrogens with zero attached hydrogens (tertiary/aromatic N) is 3. The smallest absolute Gasteiger partial charge is 0.267 e. The molecular formula is C31H29N3O2S2. The number of aryl methyl sites for hydroxylation is 3. The third kappa shape index (κ3) is 4.44. The second-order valence-corrected chi connectivity index (χ2v) is 11.8. The second kappa shape index (κ2) is 10.4. The average molecular weight is 540 g/mol. The molecule has 0 radical (unpaired) electrons. The van der Waals surface area contributed by atoms with Crippen LogP contribution in [0.15, 0.2) is 76.7 Å². The number of carbonyl (C=O) groups is 1. The van der Waals surface area contributed by atoms with Crippen molar-refractivity contribution in [2.24, 2.45) is 0 Å². The number of thioether (sulfide) groups is 1. The summed E-state index contributed by atoms with van der Waals surface area (Å²) in [5, 5.41) is 1.33. The first kappa shape index (κ1) is 24.9. The van der Waals surface area contributed by atoms with Gasteiger partial charge in [-0.15, -0.1) is 11.3 Å². The number of Topliss-reactive ketones (excluding diaryl/α,β-unsaturated/α-hetero) is 1. The molecule has 0 saturated carbocycles. The van der Waals surface area contributed by atoms with Crippen LogP contribution in [0.4, 0.5) is 0 Å². The zero-order valence-corrected chi connectivity index (χ0v) is 23.2. The topological polar surface area (TPSA) is 56.9 Å². The largest absolute Gasteiger partial charge is 0.318 e. The number of ketones is 1. The van der Waals surface area contributed by atoms with Gasteiger partial charge in [-0.1, -0.05) is 54.6 Å². The fraction of sp³-hybridized carbons (Fsp3) is 0.258. The van der Waals surface area contributed by atoms with Gasteiger partial charge in [0.05, 0.1) is 16.8 Å². The molecule has 0 atom stereocenters. The third-order valence-corrected chi connectivity index (χ3v) is 9.43. The van der Waals surface area contributed by atoms with Crippen LogP contribution in [0.2, 0.25) is 0 Å². The Labute approximate surface area is 230 Å². The zero-order valence-electron chi connectivity index (χ0n) is 21.6. The van der Waals surface area contributed by atoms with E-state index in [-0.39, 0.29) is 17.1 Å². The van der Waals surface area contributed by atoms with Gasteiger partial charge in [-0.05, 0) is 75.4 Å². The number of benzene rings is 2. The van der Waals surface area contributed by atoms with Crippen LogP contribution in [0.1, 0.15) is 51.4 Å². The van der Waals surface area contributed by atoms with E-state index in [1.54, 1.807) is 15.9 Å². The molecule has 7 heteroatoms. The first-order valence-corrected chi connectivity index (χ1v) is 14.9. The summed E-state index contributed by atoms with van der Waals surface area (Å²) in [5.41, 5.74) is 5.61. The van der Waals surface area contributed by atoms with Crippen molar-refractivity contribution in [3.63, 3.8) is 0 Å². The summed E-state index contributed by atoms with van der Waals surface area (Å²) in [6.45, 7) is 4.01. The van der Waals surface area contributed by atoms with Gasteiger partial charge in [0.25, 0.3) is 5.56 Å². The summed E-state index contributed by atoms with van der Waals surface area (Å²) in [4.78, 5) is 34.6. The highest BCUT2D eigenvalue weighted by molar-refractivity contribution is 7.99. The van der Waals surface area contributed by atoms with Crippen LogP contribution in [-0.4, -0.2) is 25.7 Å². The molecule has 38 heavy (non-hydrogen) atoms. The van der Waals surface area contributed by atoms with Gasteiger partial charge >= 0.3 is 0 Å². The number of rotatable bonds is 6. The van der Waals surface area contributed by atoms with Crippen LogP contribution in [0.25, 0.3) is 21.6 Å². The lowest BCUT2D eigenvalue weighted by Gasteiger charge is -2.12. The van der Waals surface area contributed by atoms with Gasteiger partial charge in [-0.25, -0.2) is 4.98 Å². The van der Waals surface area contributed by atoms with E-state index in [2.05, 4.69) is 4.57 Å². The quantitative estimate of drug-likeness (QED) is 0.1000. The van der Waals surface area contributed by atoms with Crippen molar-refractivity contribution in [3.8, 4) is 11.4 Å². The molecule has 192 valence electrons. The van der Waals surface area contributed by atoms with Crippen LogP contribution in [-0.2, 0) is 12.8 Å². The number of hydrogen-bond donors (Lipinski definition) is 0. The van der Waals surface area contributed by atoms with E-state index in [0.29, 0.717) is 10.7 Å². The highest BCUT2D eigenvalue weighted by Crippen LogP contribution is 2.35. The number of fused-ring (bicyclic) bond motifs is 3. The van der Waals surface area contributed by atoms with Gasteiger partial charge in [-0.2, -0.15) is 0 Å². The molecule has 0 amide bonds. The van der Waals surface area contributed by atoms with Crippen LogP contribution in [0.3, 0.4) is 0 Å². The fourth-order valence-electron chi connectivity index (χ4n) is 5.49. The molecule has 0 bridgehead atoms. The molecule has 1 aliphatic rings. The summed E-state index contributed by atoms with van der Waals surface area (Å²) < 4.78 is 3.81. The maximum Gasteiger partial charge on any atom is 0.267 e. The Hall–Kier alpha value is -3.42. The van der Waals surface area contributed by atoms with Gasteiger partial charge in [-0.3, -0.25) is 14.2 Å². The zero-order chi connectivity index (χ0) is 26.2. The first-order chi connectivity index (χ1) is 18.5. The summed E-state index contributed by atoms with van der Waals surface area (Å²) in [5.74, 6) is 0.232. The van der Waals surface area contributed by atoms with Crippen LogP contribution in [0, 0.1) is 13.8 Å². The molecule has 3 aromatic heterocycles. The summed E-state index contributed by atoms with van der Waals surface area (Å²) in [6.07, 6.45) is 5.41. The standard InChI is InChI=1S/C31H29N3O2S2/c1-20-18-25(21(2)33(20)22-12-6-3-7-13-22)26(35)19-37-31-32-29-28(24-16-10-5-11-17-27(24)38-29)30(36)34(31)23-14-8-4-9-15-23/h3-4,6-9,12-15,18H,5,10-11,16-17,19H2,1-2H3. The number of para-hydroxylation sites is 2. The summed E-state index contributed by atoms with van der Waals surface area (Å²) >= 11 is 3.00. The van der Waals surface area contributed by atoms with Crippen molar-refractivity contribution in [1.29, 1.82) is 0 Å². The van der Waals surface area contributed by atoms with E-state index in [1.165, 1.54) is 28.6 Å². The Morgan fingerprint density at radius 1 is 0.921 bits per heavy atom. The monoisotopic (exact) mass is 539 g/mol. The highest BCUT2D eigenvalue weighted by Gasteiger charge is 2.23. The average Bonchev–Trinajstić information content (AvgIpc) is 3.33. The Morgan fingerprint density at radius 2 is 1.58 bits per heavy atom. The minimum absolute atomic E-state index is 0.0289. The maximum atomic E-state index is 14.0. The lowest BCUT2D eigenvalue weighted by atomic mass is 10.1. The third-order valence-electron chi connectivity index (χ3n) is 7.30. The fourth-order valence-corrected chi connectivity index (χ4v) is 7.69. The van der Waals surface area contributed by atoms with E-state index in [9.17, 15) is 9.59 Å². The Morgan fingerprint density at radius 3 is 2.29 bits per heavy atom. The molecule has 2 aromatic carbocycles. The number of thiophene rings is 1. The Balaban J connectivity index is 1.38. The van der Waals surface area contributed by atoms with E-state index < -0.39 is 0 Å². The van der Waals surface area contributed by atoms with Crippen LogP contribution >= 0.6 is 23.1 Å². The highest BCUT2D eigenvalue weighted by atomic mass is 32.2. The molecule has 0 saturated heterocycles. The molecule has 5 nitrogen and oxygen atoms in total. The second-order valence-electron chi connectivity index (χ2n) is 9.78. The molecule has 0 aliphatic heterocycles. The molecule has 1 aliphatic carbocycles. The van der Waals surface area contributed by atoms with Crippen molar-refractivity contribution in [3.05, 3.63) is 104 Å². The van der Waals surface area contributed by atoms with Gasteiger partial charge in [0.1, 0.15) is 4.83 Å². The minimum Gasteiger partial charge on any atom is -0.318 e. The Bertz CT molecular complexity index is 1700. The molecule has 0 fully saturated rings. The van der Waals surface area contributed by atoms with Gasteiger partial charge in [0.15, 0.2) is 10.9 Å². The molecule has 0 unspecified atom stereocenters. The minimum atomic E-state index is -0.0298. The normalized spacial score (nSPS) is 13.4. The van der Waals surface area contributed by atoms with Gasteiger partial charge in [0.2, 0.25) is 0 Å². The molecule has 0 N–H and O–H groups in total. The first-order valence-electron chi connectivity index (χ1n) is 13.1. The van der Waals surface area contributed by atoms with E-state index >= 15 is 0 Å². The SMILES string of the molecule is Cc1cc(C(=O)CSc2nc3sc4c(c3c(=O)n2-c2ccccc2)CCCCC4)c(C)n1-c1ccccc1. The van der Waals surface area contributed by atoms with Crippen molar-refractivity contribution in [1.82, 2.24) is 14.1 Å². The lowest BCUT2D eigenvalue weighted by Crippen LogP contribution is -2.22. The Kier molecular flexibility index (Phi) is 6.80. The number of carbonyl (C=O) groups excluding carboxylic acids is 1. The van der Waals surface area contributed by atoms with E-state index in [0.717, 1.165) is 58.7 Å². The van der Waals surface area contributed by atoms with Crippen molar-refractivity contribution < 1.29 is 4.79 Å².